The molecule has 1 unspecified atom stereocenters. The molecule has 3 heterocycles. The Labute approximate surface area is 113 Å². The smallest absolute Gasteiger partial charge is 0.423 e. The largest absolute Gasteiger partial charge is 0.534 e. The minimum Gasteiger partial charge on any atom is -0.423 e. The number of carbonyl (C=O) groups excluding carboxylic acids is 3. The van der Waals surface area contributed by atoms with E-state index in [4.69, 9.17) is 14.2 Å². The molecule has 9 nitrogen and oxygen atoms in total. The van der Waals surface area contributed by atoms with Crippen LogP contribution >= 0.6 is 0 Å². The Hall–Kier alpha value is -1.71. The quantitative estimate of drug-likeness (QED) is 0.523. The average molecular weight is 287 g/mol. The first-order valence-electron chi connectivity index (χ1n) is 6.26. The lowest BCUT2D eigenvalue weighted by molar-refractivity contribution is -0.197. The van der Waals surface area contributed by atoms with Crippen molar-refractivity contribution >= 4 is 18.0 Å². The Morgan fingerprint density at radius 3 is 2.70 bits per heavy atom. The molecular weight excluding hydrogens is 274 g/mol. The van der Waals surface area contributed by atoms with Crippen LogP contribution in [0.3, 0.4) is 0 Å². The second-order valence-corrected chi connectivity index (χ2v) is 4.72. The Morgan fingerprint density at radius 2 is 2.00 bits per heavy atom. The molecule has 20 heavy (non-hydrogen) atoms. The zero-order valence-electron chi connectivity index (χ0n) is 10.4. The number of aliphatic hydroxyl groups is 1. The summed E-state index contributed by atoms with van der Waals surface area (Å²) < 4.78 is 15.2. The molecule has 4 atom stereocenters. The van der Waals surface area contributed by atoms with Gasteiger partial charge in [-0.25, -0.2) is 4.79 Å². The van der Waals surface area contributed by atoms with Crippen LogP contribution in [0.1, 0.15) is 19.3 Å². The first kappa shape index (κ1) is 13.3. The van der Waals surface area contributed by atoms with E-state index in [2.05, 4.69) is 4.84 Å². The molecule has 110 valence electrons. The number of amides is 2. The van der Waals surface area contributed by atoms with E-state index < -0.39 is 36.7 Å². The molecule has 0 spiro atoms. The van der Waals surface area contributed by atoms with Crippen molar-refractivity contribution in [2.24, 2.45) is 5.92 Å². The normalized spacial score (nSPS) is 36.4. The van der Waals surface area contributed by atoms with Gasteiger partial charge < -0.3 is 19.3 Å². The van der Waals surface area contributed by atoms with E-state index in [1.165, 1.54) is 0 Å². The number of nitrogens with zero attached hydrogens (tertiary/aromatic N) is 1. The highest BCUT2D eigenvalue weighted by Gasteiger charge is 2.50. The van der Waals surface area contributed by atoms with Gasteiger partial charge in [-0.3, -0.25) is 14.4 Å². The molecule has 3 rings (SSSR count). The van der Waals surface area contributed by atoms with Crippen molar-refractivity contribution in [1.82, 2.24) is 5.06 Å². The van der Waals surface area contributed by atoms with E-state index in [1.807, 2.05) is 0 Å². The van der Waals surface area contributed by atoms with Gasteiger partial charge in [0.25, 0.3) is 11.8 Å². The summed E-state index contributed by atoms with van der Waals surface area (Å²) in [5, 5.41) is 10.0. The summed E-state index contributed by atoms with van der Waals surface area (Å²) in [5.41, 5.74) is 0. The third-order valence-corrected chi connectivity index (χ3v) is 3.46. The molecule has 0 saturated carbocycles. The van der Waals surface area contributed by atoms with Gasteiger partial charge in [-0.05, 0) is 6.42 Å². The fourth-order valence-electron chi connectivity index (χ4n) is 2.48. The summed E-state index contributed by atoms with van der Waals surface area (Å²) in [6, 6.07) is 0. The number of hydrogen-bond acceptors (Lipinski definition) is 8. The van der Waals surface area contributed by atoms with Crippen LogP contribution in [0.5, 0.6) is 0 Å². The average Bonchev–Trinajstić information content (AvgIpc) is 3.04. The summed E-state index contributed by atoms with van der Waals surface area (Å²) in [6.07, 6.45) is -3.53. The molecule has 2 amide bonds. The number of hydroxylamine groups is 2. The van der Waals surface area contributed by atoms with E-state index >= 15 is 0 Å². The standard InChI is InChI=1S/C11H13NO8/c13-6-1-2-7(14)12(6)20-11(16)18-8-5-3-4-17-10(5)19-9(8)15/h5,8-10,15H,1-4H2/t5-,8+,9?,10+/m0/s1. The van der Waals surface area contributed by atoms with Crippen LogP contribution in [0, 0.1) is 5.92 Å². The van der Waals surface area contributed by atoms with Crippen LogP contribution in [0.25, 0.3) is 0 Å². The maximum absolute atomic E-state index is 11.6. The van der Waals surface area contributed by atoms with Crippen LogP contribution in [0.15, 0.2) is 0 Å². The van der Waals surface area contributed by atoms with Crippen molar-refractivity contribution in [3.05, 3.63) is 0 Å². The van der Waals surface area contributed by atoms with Gasteiger partial charge in [0.15, 0.2) is 18.7 Å². The summed E-state index contributed by atoms with van der Waals surface area (Å²) in [4.78, 5) is 38.7. The number of rotatable bonds is 2. The van der Waals surface area contributed by atoms with Gasteiger partial charge >= 0.3 is 6.16 Å². The lowest BCUT2D eigenvalue weighted by Gasteiger charge is -2.19. The van der Waals surface area contributed by atoms with Crippen LogP contribution in [-0.4, -0.2) is 53.4 Å². The summed E-state index contributed by atoms with van der Waals surface area (Å²) in [5.74, 6) is -1.49. The molecule has 3 aliphatic heterocycles. The van der Waals surface area contributed by atoms with Crippen molar-refractivity contribution in [2.75, 3.05) is 6.61 Å². The lowest BCUT2D eigenvalue weighted by atomic mass is 10.0. The maximum Gasteiger partial charge on any atom is 0.534 e. The molecule has 0 aromatic carbocycles. The summed E-state index contributed by atoms with van der Waals surface area (Å²) >= 11 is 0. The summed E-state index contributed by atoms with van der Waals surface area (Å²) in [6.45, 7) is 0.445. The van der Waals surface area contributed by atoms with E-state index in [9.17, 15) is 19.5 Å². The van der Waals surface area contributed by atoms with Crippen LogP contribution < -0.4 is 0 Å². The SMILES string of the molecule is O=C(O[C@H]1C(O)O[C@H]2OCC[C@H]21)ON1C(=O)CCC1=O. The first-order chi connectivity index (χ1) is 9.56. The Bertz CT molecular complexity index is 436. The molecule has 0 aromatic heterocycles. The number of carbonyl (C=O) groups is 3. The molecule has 9 heteroatoms. The number of hydrogen-bond donors (Lipinski definition) is 1. The second-order valence-electron chi connectivity index (χ2n) is 4.72. The van der Waals surface area contributed by atoms with E-state index in [0.717, 1.165) is 0 Å². The highest BCUT2D eigenvalue weighted by molar-refractivity contribution is 6.01. The predicted molar refractivity (Wildman–Crippen MR) is 57.4 cm³/mol. The van der Waals surface area contributed by atoms with E-state index in [1.54, 1.807) is 0 Å². The first-order valence-corrected chi connectivity index (χ1v) is 6.26. The fraction of sp³-hybridized carbons (Fsp3) is 0.727. The van der Waals surface area contributed by atoms with Gasteiger partial charge in [-0.1, -0.05) is 5.06 Å². The third-order valence-electron chi connectivity index (χ3n) is 3.46. The fourth-order valence-corrected chi connectivity index (χ4v) is 2.48. The van der Waals surface area contributed by atoms with Crippen molar-refractivity contribution in [3.63, 3.8) is 0 Å². The minimum atomic E-state index is -1.32. The van der Waals surface area contributed by atoms with Crippen LogP contribution in [0.4, 0.5) is 4.79 Å². The molecule has 0 radical (unpaired) electrons. The van der Waals surface area contributed by atoms with Crippen LogP contribution in [0.2, 0.25) is 0 Å². The Kier molecular flexibility index (Phi) is 3.32. The number of imide groups is 1. The zero-order chi connectivity index (χ0) is 14.3. The highest BCUT2D eigenvalue weighted by Crippen LogP contribution is 2.36. The Balaban J connectivity index is 1.58. The van der Waals surface area contributed by atoms with Gasteiger partial charge in [-0.15, -0.1) is 0 Å². The van der Waals surface area contributed by atoms with Gasteiger partial charge in [0, 0.05) is 12.8 Å². The molecule has 0 aliphatic carbocycles. The van der Waals surface area contributed by atoms with E-state index in [0.29, 0.717) is 18.1 Å². The predicted octanol–water partition coefficient (Wildman–Crippen LogP) is -0.717. The molecule has 3 saturated heterocycles. The number of ether oxygens (including phenoxy) is 3. The molecular formula is C11H13NO8. The Morgan fingerprint density at radius 1 is 1.30 bits per heavy atom. The monoisotopic (exact) mass is 287 g/mol. The third kappa shape index (κ3) is 2.23. The highest BCUT2D eigenvalue weighted by atomic mass is 16.8. The van der Waals surface area contributed by atoms with Gasteiger partial charge in [0.1, 0.15) is 0 Å². The van der Waals surface area contributed by atoms with E-state index in [-0.39, 0.29) is 18.8 Å². The zero-order valence-corrected chi connectivity index (χ0v) is 10.4. The maximum atomic E-state index is 11.6. The van der Waals surface area contributed by atoms with Gasteiger partial charge in [0.05, 0.1) is 12.5 Å². The molecule has 3 fully saturated rings. The minimum absolute atomic E-state index is 0.000181. The van der Waals surface area contributed by atoms with Gasteiger partial charge in [0.2, 0.25) is 0 Å². The van der Waals surface area contributed by atoms with Crippen molar-refractivity contribution in [3.8, 4) is 0 Å². The molecule has 1 N–H and O–H groups in total. The van der Waals surface area contributed by atoms with Crippen molar-refractivity contribution in [2.45, 2.75) is 37.9 Å². The summed E-state index contributed by atoms with van der Waals surface area (Å²) in [7, 11) is 0. The van der Waals surface area contributed by atoms with Gasteiger partial charge in [-0.2, -0.15) is 0 Å². The molecule has 3 aliphatic rings. The number of aliphatic hydroxyl groups excluding tert-OH is 1. The topological polar surface area (TPSA) is 112 Å². The second kappa shape index (κ2) is 5.00. The molecule has 0 aromatic rings. The van der Waals surface area contributed by atoms with Crippen molar-refractivity contribution < 1.29 is 38.5 Å². The number of fused-ring (bicyclic) bond motifs is 1. The van der Waals surface area contributed by atoms with Crippen LogP contribution in [-0.2, 0) is 28.6 Å². The van der Waals surface area contributed by atoms with Crippen molar-refractivity contribution in [1.29, 1.82) is 0 Å². The lowest BCUT2D eigenvalue weighted by Crippen LogP contribution is -2.37. The molecule has 0 bridgehead atoms.